The molecule has 0 aromatic heterocycles. The predicted octanol–water partition coefficient (Wildman–Crippen LogP) is 4.41. The molecule has 7 heteroatoms. The number of carboxylic acid groups (broad SMARTS) is 1. The van der Waals surface area contributed by atoms with Crippen molar-refractivity contribution < 1.29 is 24.2 Å². The molecule has 180 valence electrons. The molecule has 0 unspecified atom stereocenters. The van der Waals surface area contributed by atoms with Crippen molar-refractivity contribution in [2.45, 2.75) is 51.0 Å². The highest BCUT2D eigenvalue weighted by Gasteiger charge is 2.33. The number of aliphatic carboxylic acids is 1. The molecule has 2 aliphatic carbocycles. The molecule has 4 rings (SSSR count). The average molecular weight is 465 g/mol. The quantitative estimate of drug-likeness (QED) is 0.603. The summed E-state index contributed by atoms with van der Waals surface area (Å²) in [6.07, 6.45) is 3.02. The van der Waals surface area contributed by atoms with Crippen LogP contribution in [-0.4, -0.2) is 53.7 Å². The number of nitrogens with one attached hydrogen (secondary N) is 1. The van der Waals surface area contributed by atoms with Crippen LogP contribution in [0.5, 0.6) is 0 Å². The smallest absolute Gasteiger partial charge is 0.407 e. The van der Waals surface area contributed by atoms with Crippen LogP contribution < -0.4 is 5.32 Å². The number of fused-ring (bicyclic) bond motifs is 3. The lowest BCUT2D eigenvalue weighted by Gasteiger charge is -2.32. The summed E-state index contributed by atoms with van der Waals surface area (Å²) in [5, 5.41) is 12.1. The number of carbonyl (C=O) groups excluding carboxylic acids is 2. The van der Waals surface area contributed by atoms with Crippen molar-refractivity contribution in [3.63, 3.8) is 0 Å². The normalized spacial score (nSPS) is 19.1. The van der Waals surface area contributed by atoms with Crippen LogP contribution in [0.2, 0.25) is 0 Å². The van der Waals surface area contributed by atoms with Gasteiger partial charge in [0.25, 0.3) is 0 Å². The maximum atomic E-state index is 12.9. The third-order valence-corrected chi connectivity index (χ3v) is 6.82. The summed E-state index contributed by atoms with van der Waals surface area (Å²) in [7, 11) is 0. The monoisotopic (exact) mass is 464 g/mol. The van der Waals surface area contributed by atoms with E-state index in [0.29, 0.717) is 25.8 Å². The number of rotatable bonds is 8. The Labute approximate surface area is 200 Å². The molecule has 2 aliphatic rings. The lowest BCUT2D eigenvalue weighted by Crippen LogP contribution is -2.45. The van der Waals surface area contributed by atoms with Gasteiger partial charge in [-0.2, -0.15) is 0 Å². The molecule has 2 amide bonds. The Bertz CT molecular complexity index is 1010. The van der Waals surface area contributed by atoms with Gasteiger partial charge in [0.05, 0.1) is 0 Å². The second kappa shape index (κ2) is 10.7. The maximum Gasteiger partial charge on any atom is 0.407 e. The van der Waals surface area contributed by atoms with Gasteiger partial charge in [0, 0.05) is 24.4 Å². The van der Waals surface area contributed by atoms with Gasteiger partial charge in [-0.05, 0) is 47.9 Å². The standard InChI is InChI=1S/C27H32N2O5/c1-2-14-29(16-25(30)31)26(32)18-8-7-9-19(15-18)28-27(33)34-17-24-22-12-5-3-10-20(22)21-11-4-6-13-23(21)24/h3-6,10-13,18-19,24H,2,7-9,14-17H2,1H3,(H,28,33)(H,30,31)/t18-,19+/m1/s1. The summed E-state index contributed by atoms with van der Waals surface area (Å²) < 4.78 is 5.65. The summed E-state index contributed by atoms with van der Waals surface area (Å²) in [5.41, 5.74) is 4.68. The summed E-state index contributed by atoms with van der Waals surface area (Å²) >= 11 is 0. The molecule has 1 fully saturated rings. The minimum Gasteiger partial charge on any atom is -0.480 e. The summed E-state index contributed by atoms with van der Waals surface area (Å²) in [6, 6.07) is 16.2. The van der Waals surface area contributed by atoms with Crippen LogP contribution in [-0.2, 0) is 14.3 Å². The van der Waals surface area contributed by atoms with Crippen LogP contribution in [0.3, 0.4) is 0 Å². The molecular weight excluding hydrogens is 432 g/mol. The molecule has 0 bridgehead atoms. The van der Waals surface area contributed by atoms with Crippen LogP contribution in [0, 0.1) is 5.92 Å². The third kappa shape index (κ3) is 5.24. The Balaban J connectivity index is 1.34. The first kappa shape index (κ1) is 23.8. The predicted molar refractivity (Wildman–Crippen MR) is 128 cm³/mol. The number of alkyl carbamates (subject to hydrolysis) is 1. The van der Waals surface area contributed by atoms with Crippen molar-refractivity contribution in [1.82, 2.24) is 10.2 Å². The number of amides is 2. The molecule has 34 heavy (non-hydrogen) atoms. The second-order valence-corrected chi connectivity index (χ2v) is 9.18. The van der Waals surface area contributed by atoms with Crippen molar-refractivity contribution in [3.8, 4) is 11.1 Å². The number of nitrogens with zero attached hydrogens (tertiary/aromatic N) is 1. The van der Waals surface area contributed by atoms with E-state index >= 15 is 0 Å². The molecule has 0 heterocycles. The van der Waals surface area contributed by atoms with E-state index in [4.69, 9.17) is 9.84 Å². The lowest BCUT2D eigenvalue weighted by atomic mass is 9.84. The van der Waals surface area contributed by atoms with E-state index in [-0.39, 0.29) is 36.9 Å². The fourth-order valence-electron chi connectivity index (χ4n) is 5.31. The van der Waals surface area contributed by atoms with Gasteiger partial charge in [-0.3, -0.25) is 9.59 Å². The minimum atomic E-state index is -1.01. The molecule has 2 aromatic rings. The van der Waals surface area contributed by atoms with E-state index in [2.05, 4.69) is 29.6 Å². The number of ether oxygens (including phenoxy) is 1. The van der Waals surface area contributed by atoms with Crippen LogP contribution in [0.4, 0.5) is 4.79 Å². The van der Waals surface area contributed by atoms with E-state index in [9.17, 15) is 14.4 Å². The van der Waals surface area contributed by atoms with Gasteiger partial charge in [-0.25, -0.2) is 4.79 Å². The zero-order chi connectivity index (χ0) is 24.1. The fourth-order valence-corrected chi connectivity index (χ4v) is 5.31. The Morgan fingerprint density at radius 3 is 2.29 bits per heavy atom. The van der Waals surface area contributed by atoms with Gasteiger partial charge in [0.1, 0.15) is 13.2 Å². The van der Waals surface area contributed by atoms with E-state index in [0.717, 1.165) is 24.0 Å². The Hall–Kier alpha value is -3.35. The Kier molecular flexibility index (Phi) is 7.50. The maximum absolute atomic E-state index is 12.9. The SMILES string of the molecule is CCCN(CC(=O)O)C(=O)[C@@H]1CCC[C@H](NC(=O)OCC2c3ccccc3-c3ccccc32)C1. The fraction of sp³-hybridized carbons (Fsp3) is 0.444. The molecule has 0 radical (unpaired) electrons. The van der Waals surface area contributed by atoms with Crippen molar-refractivity contribution in [3.05, 3.63) is 59.7 Å². The molecule has 0 saturated heterocycles. The minimum absolute atomic E-state index is 0.00236. The number of benzene rings is 2. The van der Waals surface area contributed by atoms with Gasteiger partial charge < -0.3 is 20.1 Å². The van der Waals surface area contributed by atoms with Crippen LogP contribution in [0.1, 0.15) is 56.1 Å². The number of hydrogen-bond acceptors (Lipinski definition) is 4. The first-order valence-electron chi connectivity index (χ1n) is 12.1. The van der Waals surface area contributed by atoms with Gasteiger partial charge in [-0.1, -0.05) is 61.9 Å². The van der Waals surface area contributed by atoms with E-state index in [1.54, 1.807) is 0 Å². The molecule has 7 nitrogen and oxygen atoms in total. The Morgan fingerprint density at radius 1 is 1.03 bits per heavy atom. The average Bonchev–Trinajstić information content (AvgIpc) is 3.16. The zero-order valence-electron chi connectivity index (χ0n) is 19.5. The van der Waals surface area contributed by atoms with Crippen LogP contribution in [0.25, 0.3) is 11.1 Å². The van der Waals surface area contributed by atoms with Crippen molar-refractivity contribution >= 4 is 18.0 Å². The van der Waals surface area contributed by atoms with Crippen molar-refractivity contribution in [2.24, 2.45) is 5.92 Å². The molecule has 0 aliphatic heterocycles. The number of carboxylic acids is 1. The number of carbonyl (C=O) groups is 3. The van der Waals surface area contributed by atoms with Crippen molar-refractivity contribution in [1.29, 1.82) is 0 Å². The van der Waals surface area contributed by atoms with E-state index in [1.165, 1.54) is 16.0 Å². The number of hydrogen-bond donors (Lipinski definition) is 2. The van der Waals surface area contributed by atoms with Gasteiger partial charge in [0.15, 0.2) is 0 Å². The first-order valence-corrected chi connectivity index (χ1v) is 12.1. The second-order valence-electron chi connectivity index (χ2n) is 9.18. The van der Waals surface area contributed by atoms with E-state index in [1.807, 2.05) is 31.2 Å². The summed E-state index contributed by atoms with van der Waals surface area (Å²) in [5.74, 6) is -1.43. The highest BCUT2D eigenvalue weighted by atomic mass is 16.5. The lowest BCUT2D eigenvalue weighted by molar-refractivity contribution is -0.147. The van der Waals surface area contributed by atoms with E-state index < -0.39 is 12.1 Å². The summed E-state index contributed by atoms with van der Waals surface area (Å²) in [6.45, 7) is 2.31. The summed E-state index contributed by atoms with van der Waals surface area (Å²) in [4.78, 5) is 38.1. The van der Waals surface area contributed by atoms with Gasteiger partial charge in [0.2, 0.25) is 5.91 Å². The van der Waals surface area contributed by atoms with Gasteiger partial charge >= 0.3 is 12.1 Å². The zero-order valence-corrected chi connectivity index (χ0v) is 19.5. The highest BCUT2D eigenvalue weighted by Crippen LogP contribution is 2.44. The largest absolute Gasteiger partial charge is 0.480 e. The Morgan fingerprint density at radius 2 is 1.68 bits per heavy atom. The first-order chi connectivity index (χ1) is 16.5. The molecular formula is C27H32N2O5. The van der Waals surface area contributed by atoms with Crippen molar-refractivity contribution in [2.75, 3.05) is 19.7 Å². The van der Waals surface area contributed by atoms with Gasteiger partial charge in [-0.15, -0.1) is 0 Å². The third-order valence-electron chi connectivity index (χ3n) is 6.82. The molecule has 1 saturated carbocycles. The van der Waals surface area contributed by atoms with Crippen LogP contribution >= 0.6 is 0 Å². The molecule has 2 atom stereocenters. The highest BCUT2D eigenvalue weighted by molar-refractivity contribution is 5.83. The molecule has 2 N–H and O–H groups in total. The molecule has 0 spiro atoms. The van der Waals surface area contributed by atoms with Crippen LogP contribution in [0.15, 0.2) is 48.5 Å². The molecule has 2 aromatic carbocycles. The topological polar surface area (TPSA) is 95.9 Å².